The zero-order chi connectivity index (χ0) is 18.9. The second-order valence-corrected chi connectivity index (χ2v) is 6.99. The van der Waals surface area contributed by atoms with Gasteiger partial charge in [-0.2, -0.15) is 13.2 Å². The highest BCUT2D eigenvalue weighted by Gasteiger charge is 2.42. The number of rotatable bonds is 3. The summed E-state index contributed by atoms with van der Waals surface area (Å²) in [5.41, 5.74) is 6.36. The summed E-state index contributed by atoms with van der Waals surface area (Å²) in [4.78, 5) is 17.1. The predicted octanol–water partition coefficient (Wildman–Crippen LogP) is 4.18. The smallest absolute Gasteiger partial charge is 0.325 e. The maximum atomic E-state index is 12.9. The van der Waals surface area contributed by atoms with E-state index in [9.17, 15) is 18.0 Å². The molecule has 0 unspecified atom stereocenters. The van der Waals surface area contributed by atoms with Crippen LogP contribution in [0.4, 0.5) is 13.2 Å². The number of hydrogen-bond donors (Lipinski definition) is 1. The number of halogens is 4. The summed E-state index contributed by atoms with van der Waals surface area (Å²) in [5, 5.41) is 0.528. The normalized spacial score (nSPS) is 21.0. The van der Waals surface area contributed by atoms with E-state index in [4.69, 9.17) is 17.3 Å². The van der Waals surface area contributed by atoms with Crippen molar-refractivity contribution in [3.8, 4) is 5.69 Å². The standard InChI is InChI=1S/C18H19ClF3N3O/c19-13-5-7-15(8-6-13)25-16(26)9-14(10-23)24-17(25)11-1-3-12(4-2-11)18(20,21)22/h5-9,11-12H,1-4,10,23H2/t11-,12+. The molecular formula is C18H19ClF3N3O. The third kappa shape index (κ3) is 3.94. The fraction of sp³-hybridized carbons (Fsp3) is 0.444. The van der Waals surface area contributed by atoms with Crippen LogP contribution in [0.5, 0.6) is 0 Å². The molecule has 1 aromatic carbocycles. The van der Waals surface area contributed by atoms with Crippen molar-refractivity contribution >= 4 is 11.6 Å². The van der Waals surface area contributed by atoms with E-state index < -0.39 is 12.1 Å². The van der Waals surface area contributed by atoms with Crippen molar-refractivity contribution in [3.63, 3.8) is 0 Å². The Hall–Kier alpha value is -1.86. The SMILES string of the molecule is NCc1cc(=O)n(-c2ccc(Cl)cc2)c([C@H]2CC[C@@H](C(F)(F)F)CC2)n1. The van der Waals surface area contributed by atoms with E-state index in [1.807, 2.05) is 0 Å². The van der Waals surface area contributed by atoms with Gasteiger partial charge in [-0.05, 0) is 49.9 Å². The lowest BCUT2D eigenvalue weighted by Gasteiger charge is -2.30. The lowest BCUT2D eigenvalue weighted by atomic mass is 9.81. The van der Waals surface area contributed by atoms with E-state index in [0.717, 1.165) is 0 Å². The number of hydrogen-bond acceptors (Lipinski definition) is 3. The minimum Gasteiger partial charge on any atom is -0.325 e. The number of alkyl halides is 3. The molecule has 0 atom stereocenters. The highest BCUT2D eigenvalue weighted by molar-refractivity contribution is 6.30. The lowest BCUT2D eigenvalue weighted by Crippen LogP contribution is -2.31. The Balaban J connectivity index is 1.99. The fourth-order valence-corrected chi connectivity index (χ4v) is 3.58. The van der Waals surface area contributed by atoms with Gasteiger partial charge in [0.15, 0.2) is 0 Å². The highest BCUT2D eigenvalue weighted by Crippen LogP contribution is 2.42. The molecule has 3 rings (SSSR count). The van der Waals surface area contributed by atoms with E-state index >= 15 is 0 Å². The quantitative estimate of drug-likeness (QED) is 0.862. The van der Waals surface area contributed by atoms with Crippen LogP contribution >= 0.6 is 11.6 Å². The zero-order valence-corrected chi connectivity index (χ0v) is 14.7. The molecule has 0 saturated heterocycles. The molecule has 0 amide bonds. The van der Waals surface area contributed by atoms with Crippen LogP contribution in [-0.2, 0) is 6.54 Å². The van der Waals surface area contributed by atoms with Gasteiger partial charge in [0, 0.05) is 23.6 Å². The van der Waals surface area contributed by atoms with Gasteiger partial charge in [-0.3, -0.25) is 9.36 Å². The molecule has 0 bridgehead atoms. The summed E-state index contributed by atoms with van der Waals surface area (Å²) in [5.74, 6) is -1.03. The number of nitrogens with zero attached hydrogens (tertiary/aromatic N) is 2. The number of benzene rings is 1. The molecule has 0 radical (unpaired) electrons. The van der Waals surface area contributed by atoms with Crippen LogP contribution < -0.4 is 11.3 Å². The van der Waals surface area contributed by atoms with Gasteiger partial charge in [0.2, 0.25) is 0 Å². The van der Waals surface area contributed by atoms with Crippen molar-refractivity contribution in [1.82, 2.24) is 9.55 Å². The fourth-order valence-electron chi connectivity index (χ4n) is 3.46. The summed E-state index contributed by atoms with van der Waals surface area (Å²) < 4.78 is 40.3. The van der Waals surface area contributed by atoms with Gasteiger partial charge in [0.1, 0.15) is 5.82 Å². The summed E-state index contributed by atoms with van der Waals surface area (Å²) in [6.45, 7) is 0.0988. The summed E-state index contributed by atoms with van der Waals surface area (Å²) in [6.07, 6.45) is -3.43. The molecule has 140 valence electrons. The molecule has 1 aliphatic rings. The van der Waals surface area contributed by atoms with E-state index in [2.05, 4.69) is 4.98 Å². The van der Waals surface area contributed by atoms with Crippen LogP contribution in [0.25, 0.3) is 5.69 Å². The number of aromatic nitrogens is 2. The van der Waals surface area contributed by atoms with Crippen LogP contribution in [0.3, 0.4) is 0 Å². The molecule has 2 N–H and O–H groups in total. The molecule has 0 spiro atoms. The van der Waals surface area contributed by atoms with Gasteiger partial charge in [-0.15, -0.1) is 0 Å². The molecule has 1 fully saturated rings. The second kappa shape index (κ2) is 7.40. The molecule has 1 aromatic heterocycles. The summed E-state index contributed by atoms with van der Waals surface area (Å²) in [6, 6.07) is 8.06. The van der Waals surface area contributed by atoms with Crippen LogP contribution in [0.1, 0.15) is 43.1 Å². The van der Waals surface area contributed by atoms with Crippen molar-refractivity contribution in [2.24, 2.45) is 11.7 Å². The average molecular weight is 386 g/mol. The first kappa shape index (κ1) is 18.9. The first-order valence-electron chi connectivity index (χ1n) is 8.45. The monoisotopic (exact) mass is 385 g/mol. The molecule has 2 aromatic rings. The molecule has 8 heteroatoms. The molecule has 1 heterocycles. The van der Waals surface area contributed by atoms with E-state index in [-0.39, 0.29) is 30.9 Å². The summed E-state index contributed by atoms with van der Waals surface area (Å²) >= 11 is 5.91. The Morgan fingerprint density at radius 2 is 1.77 bits per heavy atom. The zero-order valence-electron chi connectivity index (χ0n) is 14.0. The minimum atomic E-state index is -4.17. The Morgan fingerprint density at radius 3 is 2.31 bits per heavy atom. The van der Waals surface area contributed by atoms with Gasteiger partial charge in [-0.25, -0.2) is 4.98 Å². The summed E-state index contributed by atoms with van der Waals surface area (Å²) in [7, 11) is 0. The van der Waals surface area contributed by atoms with Crippen LogP contribution in [0, 0.1) is 5.92 Å². The van der Waals surface area contributed by atoms with Gasteiger partial charge in [0.25, 0.3) is 5.56 Å². The third-order valence-corrected chi connectivity index (χ3v) is 5.10. The van der Waals surface area contributed by atoms with E-state index in [1.165, 1.54) is 10.6 Å². The first-order chi connectivity index (χ1) is 12.3. The maximum absolute atomic E-state index is 12.9. The predicted molar refractivity (Wildman–Crippen MR) is 93.5 cm³/mol. The van der Waals surface area contributed by atoms with Gasteiger partial charge < -0.3 is 5.73 Å². The van der Waals surface area contributed by atoms with Crippen molar-refractivity contribution in [1.29, 1.82) is 0 Å². The number of nitrogens with two attached hydrogens (primary N) is 1. The lowest BCUT2D eigenvalue weighted by molar-refractivity contribution is -0.182. The Kier molecular flexibility index (Phi) is 5.39. The average Bonchev–Trinajstić information content (AvgIpc) is 2.61. The van der Waals surface area contributed by atoms with Crippen LogP contribution in [0.15, 0.2) is 35.1 Å². The molecule has 0 aliphatic heterocycles. The highest BCUT2D eigenvalue weighted by atomic mass is 35.5. The molecule has 1 aliphatic carbocycles. The van der Waals surface area contributed by atoms with Crippen molar-refractivity contribution < 1.29 is 13.2 Å². The minimum absolute atomic E-state index is 0.0392. The second-order valence-electron chi connectivity index (χ2n) is 6.55. The third-order valence-electron chi connectivity index (χ3n) is 4.85. The maximum Gasteiger partial charge on any atom is 0.391 e. The Labute approximate surface area is 153 Å². The molecule has 4 nitrogen and oxygen atoms in total. The topological polar surface area (TPSA) is 60.9 Å². The van der Waals surface area contributed by atoms with Gasteiger partial charge >= 0.3 is 6.18 Å². The largest absolute Gasteiger partial charge is 0.391 e. The van der Waals surface area contributed by atoms with E-state index in [0.29, 0.717) is 35.1 Å². The molecule has 26 heavy (non-hydrogen) atoms. The molecule has 1 saturated carbocycles. The van der Waals surface area contributed by atoms with Crippen LogP contribution in [0.2, 0.25) is 5.02 Å². The van der Waals surface area contributed by atoms with Crippen LogP contribution in [-0.4, -0.2) is 15.7 Å². The van der Waals surface area contributed by atoms with Crippen molar-refractivity contribution in [3.05, 3.63) is 57.2 Å². The molecular weight excluding hydrogens is 367 g/mol. The van der Waals surface area contributed by atoms with E-state index in [1.54, 1.807) is 24.3 Å². The Morgan fingerprint density at radius 1 is 1.15 bits per heavy atom. The first-order valence-corrected chi connectivity index (χ1v) is 8.83. The van der Waals surface area contributed by atoms with Crippen molar-refractivity contribution in [2.45, 2.75) is 44.3 Å². The van der Waals surface area contributed by atoms with Crippen molar-refractivity contribution in [2.75, 3.05) is 0 Å². The van der Waals surface area contributed by atoms with Gasteiger partial charge in [-0.1, -0.05) is 11.6 Å². The van der Waals surface area contributed by atoms with Gasteiger partial charge in [0.05, 0.1) is 17.3 Å². The Bertz CT molecular complexity index is 825.